The Hall–Kier alpha value is -0.570. The zero-order valence-corrected chi connectivity index (χ0v) is 9.14. The van der Waals surface area contributed by atoms with E-state index >= 15 is 0 Å². The normalized spacial score (nSPS) is 17.3. The molecule has 0 saturated heterocycles. The molecule has 0 saturated carbocycles. The Kier molecular flexibility index (Phi) is 3.53. The van der Waals surface area contributed by atoms with Crippen LogP contribution >= 0.6 is 12.4 Å². The van der Waals surface area contributed by atoms with E-state index in [1.54, 1.807) is 7.11 Å². The molecule has 0 amide bonds. The summed E-state index contributed by atoms with van der Waals surface area (Å²) in [6.45, 7) is 0.641. The minimum atomic E-state index is -0.168. The highest BCUT2D eigenvalue weighted by Crippen LogP contribution is 2.28. The molecule has 0 bridgehead atoms. The summed E-state index contributed by atoms with van der Waals surface area (Å²) in [5, 5.41) is 0. The number of benzene rings is 1. The van der Waals surface area contributed by atoms with Crippen molar-refractivity contribution in [2.75, 3.05) is 13.7 Å². The second kappa shape index (κ2) is 4.30. The Morgan fingerprint density at radius 3 is 2.21 bits per heavy atom. The van der Waals surface area contributed by atoms with Crippen LogP contribution in [0.5, 0.6) is 0 Å². The van der Waals surface area contributed by atoms with Gasteiger partial charge in [0, 0.05) is 12.6 Å². The first-order valence-electron chi connectivity index (χ1n) is 4.58. The van der Waals surface area contributed by atoms with Gasteiger partial charge in [0.25, 0.3) is 0 Å². The first-order valence-corrected chi connectivity index (χ1v) is 4.58. The Morgan fingerprint density at radius 1 is 1.29 bits per heavy atom. The smallest absolute Gasteiger partial charge is 0.0648 e. The van der Waals surface area contributed by atoms with Crippen molar-refractivity contribution in [1.29, 1.82) is 0 Å². The van der Waals surface area contributed by atoms with Crippen LogP contribution < -0.4 is 5.73 Å². The first-order chi connectivity index (χ1) is 6.23. The third kappa shape index (κ3) is 2.08. The van der Waals surface area contributed by atoms with Crippen molar-refractivity contribution in [3.8, 4) is 0 Å². The minimum Gasteiger partial charge on any atom is -0.383 e. The zero-order valence-electron chi connectivity index (χ0n) is 8.32. The largest absolute Gasteiger partial charge is 0.383 e. The molecular formula is C11H16ClNO. The molecule has 3 heteroatoms. The van der Waals surface area contributed by atoms with Crippen LogP contribution in [-0.2, 0) is 17.6 Å². The molecule has 0 heterocycles. The molecular weight excluding hydrogens is 198 g/mol. The number of hydrogen-bond donors (Lipinski definition) is 1. The van der Waals surface area contributed by atoms with Crippen molar-refractivity contribution in [2.45, 2.75) is 18.4 Å². The fourth-order valence-corrected chi connectivity index (χ4v) is 2.11. The van der Waals surface area contributed by atoms with Gasteiger partial charge in [0.2, 0.25) is 0 Å². The monoisotopic (exact) mass is 213 g/mol. The molecule has 0 spiro atoms. The van der Waals surface area contributed by atoms with Crippen LogP contribution in [0.25, 0.3) is 0 Å². The van der Waals surface area contributed by atoms with E-state index in [0.717, 1.165) is 12.8 Å². The fourth-order valence-electron chi connectivity index (χ4n) is 2.11. The SMILES string of the molecule is COCC1(N)Cc2ccccc2C1.Cl. The van der Waals surface area contributed by atoms with Crippen molar-refractivity contribution in [1.82, 2.24) is 0 Å². The summed E-state index contributed by atoms with van der Waals surface area (Å²) in [6, 6.07) is 8.44. The summed E-state index contributed by atoms with van der Waals surface area (Å²) in [5.41, 5.74) is 8.78. The molecule has 1 aromatic rings. The highest BCUT2D eigenvalue weighted by molar-refractivity contribution is 5.85. The van der Waals surface area contributed by atoms with Gasteiger partial charge in [-0.3, -0.25) is 0 Å². The lowest BCUT2D eigenvalue weighted by molar-refractivity contribution is 0.137. The second-order valence-electron chi connectivity index (χ2n) is 3.92. The quantitative estimate of drug-likeness (QED) is 0.809. The topological polar surface area (TPSA) is 35.2 Å². The predicted octanol–water partition coefficient (Wildman–Crippen LogP) is 1.55. The van der Waals surface area contributed by atoms with Gasteiger partial charge in [0.15, 0.2) is 0 Å². The number of fused-ring (bicyclic) bond motifs is 1. The third-order valence-corrected chi connectivity index (χ3v) is 2.64. The van der Waals surface area contributed by atoms with Crippen LogP contribution in [0.3, 0.4) is 0 Å². The number of ether oxygens (including phenoxy) is 1. The van der Waals surface area contributed by atoms with Crippen molar-refractivity contribution >= 4 is 12.4 Å². The van der Waals surface area contributed by atoms with E-state index in [1.165, 1.54) is 11.1 Å². The van der Waals surface area contributed by atoms with Gasteiger partial charge in [-0.15, -0.1) is 12.4 Å². The summed E-state index contributed by atoms with van der Waals surface area (Å²) in [4.78, 5) is 0. The maximum Gasteiger partial charge on any atom is 0.0648 e. The van der Waals surface area contributed by atoms with Gasteiger partial charge in [0.05, 0.1) is 6.61 Å². The number of hydrogen-bond acceptors (Lipinski definition) is 2. The first kappa shape index (κ1) is 11.5. The number of methoxy groups -OCH3 is 1. The highest BCUT2D eigenvalue weighted by Gasteiger charge is 2.32. The van der Waals surface area contributed by atoms with Crippen LogP contribution in [0.1, 0.15) is 11.1 Å². The van der Waals surface area contributed by atoms with E-state index in [2.05, 4.69) is 24.3 Å². The molecule has 0 fully saturated rings. The number of nitrogens with two attached hydrogens (primary N) is 1. The van der Waals surface area contributed by atoms with Crippen molar-refractivity contribution in [3.63, 3.8) is 0 Å². The molecule has 2 nitrogen and oxygen atoms in total. The molecule has 1 aliphatic rings. The molecule has 2 N–H and O–H groups in total. The minimum absolute atomic E-state index is 0. The molecule has 0 aliphatic heterocycles. The van der Waals surface area contributed by atoms with Crippen molar-refractivity contribution in [3.05, 3.63) is 35.4 Å². The molecule has 1 aliphatic carbocycles. The molecule has 0 unspecified atom stereocenters. The van der Waals surface area contributed by atoms with E-state index in [4.69, 9.17) is 10.5 Å². The van der Waals surface area contributed by atoms with Gasteiger partial charge in [-0.25, -0.2) is 0 Å². The van der Waals surface area contributed by atoms with E-state index in [9.17, 15) is 0 Å². The maximum atomic E-state index is 6.19. The molecule has 0 aromatic heterocycles. The number of rotatable bonds is 2. The molecule has 78 valence electrons. The summed E-state index contributed by atoms with van der Waals surface area (Å²) >= 11 is 0. The van der Waals surface area contributed by atoms with Gasteiger partial charge in [-0.05, 0) is 24.0 Å². The van der Waals surface area contributed by atoms with Crippen LogP contribution in [0.15, 0.2) is 24.3 Å². The fraction of sp³-hybridized carbons (Fsp3) is 0.455. The predicted molar refractivity (Wildman–Crippen MR) is 59.9 cm³/mol. The standard InChI is InChI=1S/C11H15NO.ClH/c1-13-8-11(12)6-9-4-2-3-5-10(9)7-11;/h2-5H,6-8,12H2,1H3;1H. The van der Waals surface area contributed by atoms with Gasteiger partial charge in [-0.2, -0.15) is 0 Å². The van der Waals surface area contributed by atoms with Gasteiger partial charge >= 0.3 is 0 Å². The zero-order chi connectivity index (χ0) is 9.31. The van der Waals surface area contributed by atoms with Crippen molar-refractivity contribution in [2.24, 2.45) is 5.73 Å². The number of halogens is 1. The van der Waals surface area contributed by atoms with E-state index in [1.807, 2.05) is 0 Å². The lowest BCUT2D eigenvalue weighted by atomic mass is 9.99. The van der Waals surface area contributed by atoms with Crippen LogP contribution in [0.2, 0.25) is 0 Å². The summed E-state index contributed by atoms with van der Waals surface area (Å²) in [5.74, 6) is 0. The lowest BCUT2D eigenvalue weighted by Crippen LogP contribution is -2.45. The maximum absolute atomic E-state index is 6.19. The molecule has 2 rings (SSSR count). The van der Waals surface area contributed by atoms with Crippen LogP contribution in [0.4, 0.5) is 0 Å². The Morgan fingerprint density at radius 2 is 1.79 bits per heavy atom. The van der Waals surface area contributed by atoms with Gasteiger partial charge in [-0.1, -0.05) is 24.3 Å². The van der Waals surface area contributed by atoms with Gasteiger partial charge < -0.3 is 10.5 Å². The summed E-state index contributed by atoms with van der Waals surface area (Å²) in [7, 11) is 1.71. The molecule has 14 heavy (non-hydrogen) atoms. The third-order valence-electron chi connectivity index (χ3n) is 2.64. The van der Waals surface area contributed by atoms with Gasteiger partial charge in [0.1, 0.15) is 0 Å². The van der Waals surface area contributed by atoms with Crippen LogP contribution in [0, 0.1) is 0 Å². The Balaban J connectivity index is 0.000000980. The second-order valence-corrected chi connectivity index (χ2v) is 3.92. The van der Waals surface area contributed by atoms with E-state index in [-0.39, 0.29) is 17.9 Å². The van der Waals surface area contributed by atoms with E-state index < -0.39 is 0 Å². The molecule has 1 aromatic carbocycles. The van der Waals surface area contributed by atoms with Crippen molar-refractivity contribution < 1.29 is 4.74 Å². The molecule has 0 atom stereocenters. The van der Waals surface area contributed by atoms with Crippen LogP contribution in [-0.4, -0.2) is 19.3 Å². The van der Waals surface area contributed by atoms with E-state index in [0.29, 0.717) is 6.61 Å². The Labute approximate surface area is 90.9 Å². The molecule has 0 radical (unpaired) electrons. The lowest BCUT2D eigenvalue weighted by Gasteiger charge is -2.21. The average molecular weight is 214 g/mol. The summed E-state index contributed by atoms with van der Waals surface area (Å²) in [6.07, 6.45) is 1.88. The average Bonchev–Trinajstić information content (AvgIpc) is 2.40. The summed E-state index contributed by atoms with van der Waals surface area (Å²) < 4.78 is 5.13. The highest BCUT2D eigenvalue weighted by atomic mass is 35.5. The Bertz CT molecular complexity index is 289.